The molecule has 4 nitrogen and oxygen atoms in total. The van der Waals surface area contributed by atoms with E-state index in [-0.39, 0.29) is 5.97 Å². The molecule has 0 aliphatic heterocycles. The second-order valence-corrected chi connectivity index (χ2v) is 3.90. The molecule has 1 unspecified atom stereocenters. The molecule has 0 radical (unpaired) electrons. The lowest BCUT2D eigenvalue weighted by molar-refractivity contribution is 0.0601. The number of nitrogens with one attached hydrogen (secondary N) is 1. The summed E-state index contributed by atoms with van der Waals surface area (Å²) in [5.74, 6) is -0.321. The predicted molar refractivity (Wildman–Crippen MR) is 67.4 cm³/mol. The highest BCUT2D eigenvalue weighted by molar-refractivity contribution is 5.90. The van der Waals surface area contributed by atoms with Crippen molar-refractivity contribution in [2.24, 2.45) is 0 Å². The summed E-state index contributed by atoms with van der Waals surface area (Å²) in [5.41, 5.74) is 1.47. The largest absolute Gasteiger partial charge is 0.465 e. The molecule has 0 aliphatic carbocycles. The van der Waals surface area contributed by atoms with Crippen LogP contribution in [0.4, 0.5) is 5.69 Å². The van der Waals surface area contributed by atoms with Crippen molar-refractivity contribution in [1.82, 2.24) is 0 Å². The lowest BCUT2D eigenvalue weighted by Crippen LogP contribution is -2.17. The number of anilines is 1. The first-order chi connectivity index (χ1) is 8.17. The van der Waals surface area contributed by atoms with Gasteiger partial charge in [-0.2, -0.15) is 0 Å². The molecule has 0 fully saturated rings. The van der Waals surface area contributed by atoms with Crippen molar-refractivity contribution in [3.05, 3.63) is 29.8 Å². The van der Waals surface area contributed by atoms with Gasteiger partial charge in [-0.15, -0.1) is 0 Å². The number of methoxy groups -OCH3 is 2. The van der Waals surface area contributed by atoms with Crippen molar-refractivity contribution < 1.29 is 14.3 Å². The second-order valence-electron chi connectivity index (χ2n) is 3.90. The Labute approximate surface area is 102 Å². The van der Waals surface area contributed by atoms with Crippen LogP contribution in [-0.4, -0.2) is 32.8 Å². The van der Waals surface area contributed by atoms with Crippen molar-refractivity contribution >= 4 is 11.7 Å². The monoisotopic (exact) mass is 237 g/mol. The summed E-state index contributed by atoms with van der Waals surface area (Å²) in [6.45, 7) is 2.79. The molecule has 0 aromatic heterocycles. The number of carbonyl (C=O) groups excluding carboxylic acids is 1. The minimum atomic E-state index is -0.321. The molecule has 17 heavy (non-hydrogen) atoms. The van der Waals surface area contributed by atoms with E-state index in [0.717, 1.165) is 12.1 Å². The molecule has 1 aromatic carbocycles. The summed E-state index contributed by atoms with van der Waals surface area (Å²) in [7, 11) is 3.06. The molecule has 0 heterocycles. The van der Waals surface area contributed by atoms with E-state index >= 15 is 0 Å². The van der Waals surface area contributed by atoms with Crippen molar-refractivity contribution in [3.63, 3.8) is 0 Å². The van der Waals surface area contributed by atoms with Gasteiger partial charge in [-0.1, -0.05) is 6.07 Å². The van der Waals surface area contributed by atoms with Crippen LogP contribution in [-0.2, 0) is 9.47 Å². The molecule has 0 bridgehead atoms. The average Bonchev–Trinajstić information content (AvgIpc) is 2.35. The standard InChI is InChI=1S/C13H19NO3/c1-10(7-8-16-2)14-12-6-4-5-11(9-12)13(15)17-3/h4-6,9-10,14H,7-8H2,1-3H3. The summed E-state index contributed by atoms with van der Waals surface area (Å²) in [6.07, 6.45) is 0.916. The van der Waals surface area contributed by atoms with Crippen LogP contribution < -0.4 is 5.32 Å². The fourth-order valence-corrected chi connectivity index (χ4v) is 1.51. The Morgan fingerprint density at radius 3 is 2.82 bits per heavy atom. The summed E-state index contributed by atoms with van der Waals surface area (Å²) in [6, 6.07) is 7.57. The molecule has 1 rings (SSSR count). The molecule has 94 valence electrons. The first-order valence-corrected chi connectivity index (χ1v) is 5.61. The first-order valence-electron chi connectivity index (χ1n) is 5.61. The third-order valence-corrected chi connectivity index (χ3v) is 2.45. The van der Waals surface area contributed by atoms with Gasteiger partial charge in [-0.25, -0.2) is 4.79 Å². The predicted octanol–water partition coefficient (Wildman–Crippen LogP) is 2.31. The summed E-state index contributed by atoms with van der Waals surface area (Å²) in [4.78, 5) is 11.4. The molecule has 0 amide bonds. The number of rotatable bonds is 6. The minimum Gasteiger partial charge on any atom is -0.465 e. The molecule has 1 atom stereocenters. The molecular formula is C13H19NO3. The van der Waals surface area contributed by atoms with Gasteiger partial charge in [0.05, 0.1) is 12.7 Å². The number of esters is 1. The molecular weight excluding hydrogens is 218 g/mol. The van der Waals surface area contributed by atoms with Crippen molar-refractivity contribution in [1.29, 1.82) is 0 Å². The van der Waals surface area contributed by atoms with E-state index in [4.69, 9.17) is 4.74 Å². The number of ether oxygens (including phenoxy) is 2. The Morgan fingerprint density at radius 1 is 1.41 bits per heavy atom. The van der Waals surface area contributed by atoms with E-state index in [9.17, 15) is 4.79 Å². The normalized spacial score (nSPS) is 11.9. The van der Waals surface area contributed by atoms with E-state index < -0.39 is 0 Å². The third-order valence-electron chi connectivity index (χ3n) is 2.45. The Hall–Kier alpha value is -1.55. The van der Waals surface area contributed by atoms with Crippen LogP contribution in [0.3, 0.4) is 0 Å². The highest BCUT2D eigenvalue weighted by atomic mass is 16.5. The zero-order chi connectivity index (χ0) is 12.7. The fraction of sp³-hybridized carbons (Fsp3) is 0.462. The van der Waals surface area contributed by atoms with Gasteiger partial charge in [0.25, 0.3) is 0 Å². The van der Waals surface area contributed by atoms with Crippen molar-refractivity contribution in [2.45, 2.75) is 19.4 Å². The van der Waals surface area contributed by atoms with E-state index in [1.165, 1.54) is 7.11 Å². The Morgan fingerprint density at radius 2 is 2.18 bits per heavy atom. The minimum absolute atomic E-state index is 0.294. The smallest absolute Gasteiger partial charge is 0.337 e. The summed E-state index contributed by atoms with van der Waals surface area (Å²) in [5, 5.41) is 3.31. The summed E-state index contributed by atoms with van der Waals surface area (Å²) >= 11 is 0. The zero-order valence-electron chi connectivity index (χ0n) is 10.5. The van der Waals surface area contributed by atoms with Crippen LogP contribution in [0.5, 0.6) is 0 Å². The van der Waals surface area contributed by atoms with Gasteiger partial charge in [0.2, 0.25) is 0 Å². The number of hydrogen-bond donors (Lipinski definition) is 1. The molecule has 0 saturated carbocycles. The zero-order valence-corrected chi connectivity index (χ0v) is 10.5. The van der Waals surface area contributed by atoms with E-state index in [0.29, 0.717) is 18.2 Å². The van der Waals surface area contributed by atoms with Crippen molar-refractivity contribution in [2.75, 3.05) is 26.1 Å². The van der Waals surface area contributed by atoms with E-state index in [1.54, 1.807) is 19.2 Å². The van der Waals surface area contributed by atoms with Crippen LogP contribution in [0, 0.1) is 0 Å². The van der Waals surface area contributed by atoms with Gasteiger partial charge in [0, 0.05) is 25.4 Å². The SMILES string of the molecule is COCCC(C)Nc1cccc(C(=O)OC)c1. The maximum atomic E-state index is 11.4. The van der Waals surface area contributed by atoms with Gasteiger partial charge in [0.15, 0.2) is 0 Å². The maximum absolute atomic E-state index is 11.4. The second kappa shape index (κ2) is 6.91. The topological polar surface area (TPSA) is 47.6 Å². The van der Waals surface area contributed by atoms with Gasteiger partial charge in [-0.3, -0.25) is 0 Å². The van der Waals surface area contributed by atoms with Crippen LogP contribution in [0.25, 0.3) is 0 Å². The number of benzene rings is 1. The lowest BCUT2D eigenvalue weighted by Gasteiger charge is -2.15. The number of hydrogen-bond acceptors (Lipinski definition) is 4. The van der Waals surface area contributed by atoms with Crippen LogP contribution in [0.1, 0.15) is 23.7 Å². The quantitative estimate of drug-likeness (QED) is 0.771. The van der Waals surface area contributed by atoms with Gasteiger partial charge >= 0.3 is 5.97 Å². The number of carbonyl (C=O) groups is 1. The first kappa shape index (κ1) is 13.5. The molecule has 0 spiro atoms. The maximum Gasteiger partial charge on any atom is 0.337 e. The summed E-state index contributed by atoms with van der Waals surface area (Å²) < 4.78 is 9.69. The molecule has 0 aliphatic rings. The van der Waals surface area contributed by atoms with Crippen LogP contribution >= 0.6 is 0 Å². The fourth-order valence-electron chi connectivity index (χ4n) is 1.51. The Balaban J connectivity index is 2.62. The Kier molecular flexibility index (Phi) is 5.49. The third kappa shape index (κ3) is 4.44. The van der Waals surface area contributed by atoms with Crippen molar-refractivity contribution in [3.8, 4) is 0 Å². The molecule has 4 heteroatoms. The highest BCUT2D eigenvalue weighted by Crippen LogP contribution is 2.13. The molecule has 1 N–H and O–H groups in total. The van der Waals surface area contributed by atoms with Crippen LogP contribution in [0.15, 0.2) is 24.3 Å². The Bertz CT molecular complexity index is 365. The highest BCUT2D eigenvalue weighted by Gasteiger charge is 2.07. The van der Waals surface area contributed by atoms with E-state index in [2.05, 4.69) is 17.0 Å². The van der Waals surface area contributed by atoms with Gasteiger partial charge in [0.1, 0.15) is 0 Å². The van der Waals surface area contributed by atoms with E-state index in [1.807, 2.05) is 12.1 Å². The van der Waals surface area contributed by atoms with Crippen LogP contribution in [0.2, 0.25) is 0 Å². The van der Waals surface area contributed by atoms with Gasteiger partial charge < -0.3 is 14.8 Å². The average molecular weight is 237 g/mol. The molecule has 1 aromatic rings. The lowest BCUT2D eigenvalue weighted by atomic mass is 10.1. The molecule has 0 saturated heterocycles. The van der Waals surface area contributed by atoms with Gasteiger partial charge in [-0.05, 0) is 31.5 Å².